The molecule has 14 nitrogen and oxygen atoms in total. The van der Waals surface area contributed by atoms with Gasteiger partial charge >= 0.3 is 0 Å². The molecule has 4 aromatic heterocycles. The second kappa shape index (κ2) is 16.2. The Morgan fingerprint density at radius 1 is 1.02 bits per heavy atom. The summed E-state index contributed by atoms with van der Waals surface area (Å²) in [6, 6.07) is 20.5. The van der Waals surface area contributed by atoms with Gasteiger partial charge in [-0.15, -0.1) is 21.5 Å². The minimum atomic E-state index is -0.762. The Kier molecular flexibility index (Phi) is 10.7. The van der Waals surface area contributed by atoms with Crippen LogP contribution in [-0.2, 0) is 16.1 Å². The lowest BCUT2D eigenvalue weighted by atomic mass is 9.89. The van der Waals surface area contributed by atoms with Gasteiger partial charge in [0.05, 0.1) is 27.9 Å². The van der Waals surface area contributed by atoms with Gasteiger partial charge in [0.1, 0.15) is 17.6 Å². The summed E-state index contributed by atoms with van der Waals surface area (Å²) in [5, 5.41) is 37.9. The number of amides is 2. The van der Waals surface area contributed by atoms with E-state index in [1.165, 1.54) is 4.90 Å². The number of aromatic nitrogens is 5. The molecule has 7 heterocycles. The van der Waals surface area contributed by atoms with Crippen molar-refractivity contribution in [3.63, 3.8) is 0 Å². The zero-order chi connectivity index (χ0) is 40.8. The van der Waals surface area contributed by atoms with Crippen molar-refractivity contribution in [2.45, 2.75) is 64.1 Å². The average Bonchev–Trinajstić information content (AvgIpc) is 4.02. The number of aliphatic hydroxyl groups is 1. The van der Waals surface area contributed by atoms with Gasteiger partial charge in [0.15, 0.2) is 11.5 Å². The first-order chi connectivity index (χ1) is 28.6. The molecule has 0 saturated carbocycles. The summed E-state index contributed by atoms with van der Waals surface area (Å²) in [7, 11) is 0. The second-order valence-electron chi connectivity index (χ2n) is 16.7. The molecule has 2 aromatic carbocycles. The molecule has 0 bridgehead atoms. The number of phenolic OH excluding ortho intramolecular Hbond substituents is 1. The second-order valence-corrected chi connectivity index (χ2v) is 17.6. The predicted octanol–water partition coefficient (Wildman–Crippen LogP) is 5.69. The topological polar surface area (TPSA) is 177 Å². The highest BCUT2D eigenvalue weighted by Crippen LogP contribution is 2.36. The minimum absolute atomic E-state index is 0.0865. The smallest absolute Gasteiger partial charge is 0.243 e. The maximum Gasteiger partial charge on any atom is 0.243 e. The molecule has 2 amide bonds. The SMILES string of the molecule is Cc1ncsc1-c1ccc(CNC(=O)[C@@H]2C[C@@H](O)CN2C(=O)CC(c2cc(N3CC(CN4CC(c5cc6cc(-c7ccccc7O)nnc6[nH]5)C4)C3)no2)C(C)C)cc1. The third-order valence-electron chi connectivity index (χ3n) is 12.2. The standard InChI is InChI=1S/C44H49N9O5S/c1-25(2)34(15-41(56)53-23-32(54)14-37(53)44(57)45-17-27-8-10-29(11-9-27)42-26(3)46-24-59-42)39-16-40(50-58-39)52-19-28(20-52)18-51-21-31(22-51)35-12-30-13-36(48-49-43(30)47-35)33-6-4-5-7-38(33)55/h4-13,16,24-25,28,31-32,34,37,54-55H,14-15,17-23H2,1-3H3,(H,45,57)(H,47,49)/t32-,34?,37+/m1/s1. The normalized spacial score (nSPS) is 19.3. The molecular weight excluding hydrogens is 767 g/mol. The fourth-order valence-corrected chi connectivity index (χ4v) is 9.53. The van der Waals surface area contributed by atoms with E-state index in [9.17, 15) is 19.8 Å². The number of anilines is 1. The van der Waals surface area contributed by atoms with Crippen LogP contribution in [0.25, 0.3) is 32.7 Å². The van der Waals surface area contributed by atoms with Crippen molar-refractivity contribution in [1.82, 2.24) is 40.4 Å². The molecular formula is C44H49N9O5S. The van der Waals surface area contributed by atoms with Crippen LogP contribution in [0.4, 0.5) is 5.82 Å². The molecule has 3 atom stereocenters. The van der Waals surface area contributed by atoms with Crippen molar-refractivity contribution in [3.05, 3.63) is 95.0 Å². The summed E-state index contributed by atoms with van der Waals surface area (Å²) in [6.45, 7) is 11.3. The Labute approximate surface area is 346 Å². The van der Waals surface area contributed by atoms with E-state index in [-0.39, 0.29) is 48.8 Å². The van der Waals surface area contributed by atoms with Gasteiger partial charge in [-0.1, -0.05) is 55.4 Å². The lowest BCUT2D eigenvalue weighted by Crippen LogP contribution is -2.55. The molecule has 6 aromatic rings. The molecule has 0 aliphatic carbocycles. The molecule has 59 heavy (non-hydrogen) atoms. The number of benzene rings is 2. The number of phenols is 1. The number of hydrogen-bond acceptors (Lipinski definition) is 12. The van der Waals surface area contributed by atoms with Gasteiger partial charge in [-0.3, -0.25) is 9.59 Å². The number of fused-ring (bicyclic) bond motifs is 1. The summed E-state index contributed by atoms with van der Waals surface area (Å²) in [6.07, 6.45) is -0.405. The zero-order valence-electron chi connectivity index (χ0n) is 33.4. The van der Waals surface area contributed by atoms with Crippen LogP contribution in [0.3, 0.4) is 0 Å². The molecule has 3 aliphatic heterocycles. The van der Waals surface area contributed by atoms with Crippen LogP contribution in [0, 0.1) is 18.8 Å². The number of rotatable bonds is 13. The minimum Gasteiger partial charge on any atom is -0.507 e. The molecule has 306 valence electrons. The lowest BCUT2D eigenvalue weighted by molar-refractivity contribution is -0.139. The van der Waals surface area contributed by atoms with E-state index < -0.39 is 12.1 Å². The Morgan fingerprint density at radius 3 is 2.56 bits per heavy atom. The van der Waals surface area contributed by atoms with Gasteiger partial charge < -0.3 is 39.7 Å². The average molecular weight is 816 g/mol. The van der Waals surface area contributed by atoms with Crippen molar-refractivity contribution < 1.29 is 24.3 Å². The monoisotopic (exact) mass is 815 g/mol. The van der Waals surface area contributed by atoms with Crippen LogP contribution >= 0.6 is 11.3 Å². The number of thiazole rings is 1. The molecule has 15 heteroatoms. The third-order valence-corrected chi connectivity index (χ3v) is 13.2. The van der Waals surface area contributed by atoms with Crippen molar-refractivity contribution >= 4 is 40.0 Å². The van der Waals surface area contributed by atoms with E-state index in [4.69, 9.17) is 4.52 Å². The number of likely N-dealkylation sites (tertiary alicyclic amines) is 2. The van der Waals surface area contributed by atoms with Gasteiger partial charge in [0.2, 0.25) is 11.8 Å². The Hall–Kier alpha value is -5.64. The van der Waals surface area contributed by atoms with Gasteiger partial charge in [-0.2, -0.15) is 0 Å². The molecule has 3 saturated heterocycles. The van der Waals surface area contributed by atoms with E-state index >= 15 is 0 Å². The van der Waals surface area contributed by atoms with E-state index in [2.05, 4.69) is 60.4 Å². The largest absolute Gasteiger partial charge is 0.507 e. The number of nitrogens with zero attached hydrogens (tertiary/aromatic N) is 7. The maximum atomic E-state index is 13.8. The van der Waals surface area contributed by atoms with Crippen molar-refractivity contribution in [2.75, 3.05) is 44.2 Å². The van der Waals surface area contributed by atoms with E-state index in [1.54, 1.807) is 23.5 Å². The number of carbonyl (C=O) groups excluding carboxylic acids is 2. The predicted molar refractivity (Wildman–Crippen MR) is 225 cm³/mol. The van der Waals surface area contributed by atoms with E-state index in [1.807, 2.05) is 61.0 Å². The number of para-hydroxylation sites is 1. The van der Waals surface area contributed by atoms with Crippen molar-refractivity contribution in [3.8, 4) is 27.4 Å². The molecule has 4 N–H and O–H groups in total. The quantitative estimate of drug-likeness (QED) is 0.113. The van der Waals surface area contributed by atoms with Crippen LogP contribution in [0.5, 0.6) is 5.75 Å². The number of hydrogen-bond donors (Lipinski definition) is 4. The van der Waals surface area contributed by atoms with Crippen molar-refractivity contribution in [1.29, 1.82) is 0 Å². The van der Waals surface area contributed by atoms with Crippen molar-refractivity contribution in [2.24, 2.45) is 11.8 Å². The number of carbonyl (C=O) groups is 2. The lowest BCUT2D eigenvalue weighted by Gasteiger charge is -2.46. The number of aromatic amines is 1. The number of nitrogens with one attached hydrogen (secondary N) is 2. The fraction of sp³-hybridized carbons (Fsp3) is 0.409. The summed E-state index contributed by atoms with van der Waals surface area (Å²) in [5.74, 6) is 1.95. The first-order valence-electron chi connectivity index (χ1n) is 20.4. The van der Waals surface area contributed by atoms with Crippen LogP contribution in [0.1, 0.15) is 61.2 Å². The van der Waals surface area contributed by atoms with E-state index in [0.29, 0.717) is 35.4 Å². The molecule has 3 aliphatic rings. The van der Waals surface area contributed by atoms with Crippen LogP contribution < -0.4 is 10.2 Å². The van der Waals surface area contributed by atoms with E-state index in [0.717, 1.165) is 77.0 Å². The van der Waals surface area contributed by atoms with Gasteiger partial charge in [-0.05, 0) is 48.2 Å². The Balaban J connectivity index is 0.747. The maximum absolute atomic E-state index is 13.8. The Morgan fingerprint density at radius 2 is 1.81 bits per heavy atom. The molecule has 1 unspecified atom stereocenters. The third kappa shape index (κ3) is 8.06. The zero-order valence-corrected chi connectivity index (χ0v) is 34.2. The molecule has 0 spiro atoms. The molecule has 9 rings (SSSR count). The number of aryl methyl sites for hydroxylation is 1. The number of β-amino-alcohol motifs (C(OH)–C–C–N with tert-alkyl or cyclic N) is 1. The van der Waals surface area contributed by atoms with Gasteiger partial charge in [0.25, 0.3) is 0 Å². The summed E-state index contributed by atoms with van der Waals surface area (Å²) in [5.41, 5.74) is 8.08. The molecule has 3 fully saturated rings. The fourth-order valence-electron chi connectivity index (χ4n) is 8.72. The van der Waals surface area contributed by atoms with Gasteiger partial charge in [-0.25, -0.2) is 4.98 Å². The highest BCUT2D eigenvalue weighted by atomic mass is 32.1. The summed E-state index contributed by atoms with van der Waals surface area (Å²) in [4.78, 5) is 42.4. The first-order valence-corrected chi connectivity index (χ1v) is 21.3. The highest BCUT2D eigenvalue weighted by Gasteiger charge is 2.41. The number of H-pyrrole nitrogens is 1. The molecule has 0 radical (unpaired) electrons. The summed E-state index contributed by atoms with van der Waals surface area (Å²) < 4.78 is 5.88. The van der Waals surface area contributed by atoms with Gasteiger partial charge in [0, 0.05) is 99.1 Å². The van der Waals surface area contributed by atoms with Crippen LogP contribution in [0.15, 0.2) is 76.8 Å². The van der Waals surface area contributed by atoms with Crippen LogP contribution in [-0.4, -0.2) is 109 Å². The number of aliphatic hydroxyl groups excluding tert-OH is 1. The summed E-state index contributed by atoms with van der Waals surface area (Å²) >= 11 is 1.60. The van der Waals surface area contributed by atoms with Crippen LogP contribution in [0.2, 0.25) is 0 Å². The number of aromatic hydroxyl groups is 1. The highest BCUT2D eigenvalue weighted by molar-refractivity contribution is 7.13. The first kappa shape index (κ1) is 38.9. The Bertz CT molecular complexity index is 2450.